The Balaban J connectivity index is 2.63. The molecule has 3 heteroatoms. The zero-order chi connectivity index (χ0) is 8.97. The van der Waals surface area contributed by atoms with Crippen LogP contribution >= 0.6 is 24.2 Å². The second-order valence-corrected chi connectivity index (χ2v) is 3.39. The zero-order valence-electron chi connectivity index (χ0n) is 6.46. The highest BCUT2D eigenvalue weighted by molar-refractivity contribution is 7.80. The standard InChI is InChI=1S/C9H9ClOS/c10-9(11)6-5-7-3-1-2-4-8(7)12/h1-4,12H,5-6H2. The molecule has 0 aliphatic carbocycles. The molecular formula is C9H9ClOS. The molecule has 0 aromatic heterocycles. The normalized spacial score (nSPS) is 9.83. The van der Waals surface area contributed by atoms with Crippen molar-refractivity contribution < 1.29 is 4.79 Å². The topological polar surface area (TPSA) is 17.1 Å². The first-order chi connectivity index (χ1) is 5.70. The molecule has 0 saturated carbocycles. The minimum Gasteiger partial charge on any atom is -0.281 e. The first kappa shape index (κ1) is 9.62. The molecule has 0 saturated heterocycles. The molecule has 0 radical (unpaired) electrons. The van der Waals surface area contributed by atoms with Crippen LogP contribution in [0.2, 0.25) is 0 Å². The number of hydrogen-bond donors (Lipinski definition) is 1. The van der Waals surface area contributed by atoms with Crippen molar-refractivity contribution in [1.82, 2.24) is 0 Å². The maximum absolute atomic E-state index is 10.5. The lowest BCUT2D eigenvalue weighted by molar-refractivity contribution is -0.111. The molecular weight excluding hydrogens is 192 g/mol. The molecule has 0 spiro atoms. The van der Waals surface area contributed by atoms with Crippen LogP contribution in [0.3, 0.4) is 0 Å². The van der Waals surface area contributed by atoms with E-state index in [1.807, 2.05) is 24.3 Å². The maximum atomic E-state index is 10.5. The third kappa shape index (κ3) is 2.88. The van der Waals surface area contributed by atoms with Crippen molar-refractivity contribution in [2.45, 2.75) is 17.7 Å². The lowest BCUT2D eigenvalue weighted by atomic mass is 10.1. The summed E-state index contributed by atoms with van der Waals surface area (Å²) in [5, 5.41) is -0.299. The van der Waals surface area contributed by atoms with Crippen LogP contribution in [-0.2, 0) is 11.2 Å². The molecule has 0 heterocycles. The van der Waals surface area contributed by atoms with Crippen LogP contribution < -0.4 is 0 Å². The Labute approximate surface area is 82.1 Å². The van der Waals surface area contributed by atoms with Crippen LogP contribution in [0.5, 0.6) is 0 Å². The molecule has 0 aliphatic rings. The molecule has 64 valence electrons. The van der Waals surface area contributed by atoms with Crippen molar-refractivity contribution in [3.8, 4) is 0 Å². The minimum absolute atomic E-state index is 0.299. The van der Waals surface area contributed by atoms with Crippen LogP contribution in [0.25, 0.3) is 0 Å². The SMILES string of the molecule is O=C(Cl)CCc1ccccc1S. The number of carbonyl (C=O) groups is 1. The molecule has 0 unspecified atom stereocenters. The smallest absolute Gasteiger partial charge is 0.221 e. The van der Waals surface area contributed by atoms with Crippen LogP contribution in [0, 0.1) is 0 Å². The number of aryl methyl sites for hydroxylation is 1. The maximum Gasteiger partial charge on any atom is 0.221 e. The second-order valence-electron chi connectivity index (χ2n) is 2.48. The summed E-state index contributed by atoms with van der Waals surface area (Å²) in [6, 6.07) is 7.68. The first-order valence-electron chi connectivity index (χ1n) is 3.65. The number of halogens is 1. The van der Waals surface area contributed by atoms with Gasteiger partial charge in [0.15, 0.2) is 0 Å². The summed E-state index contributed by atoms with van der Waals surface area (Å²) in [5.41, 5.74) is 1.06. The summed E-state index contributed by atoms with van der Waals surface area (Å²) in [6.07, 6.45) is 1.04. The van der Waals surface area contributed by atoms with Gasteiger partial charge in [0.2, 0.25) is 5.24 Å². The van der Waals surface area contributed by atoms with Crippen LogP contribution in [0.4, 0.5) is 0 Å². The Kier molecular flexibility index (Phi) is 3.63. The van der Waals surface area contributed by atoms with E-state index >= 15 is 0 Å². The summed E-state index contributed by atoms with van der Waals surface area (Å²) < 4.78 is 0. The van der Waals surface area contributed by atoms with E-state index in [0.717, 1.165) is 10.5 Å². The Hall–Kier alpha value is -0.470. The Bertz CT molecular complexity index is 286. The Morgan fingerprint density at radius 3 is 2.67 bits per heavy atom. The van der Waals surface area contributed by atoms with E-state index in [-0.39, 0.29) is 5.24 Å². The highest BCUT2D eigenvalue weighted by atomic mass is 35.5. The molecule has 0 fully saturated rings. The van der Waals surface area contributed by atoms with Gasteiger partial charge in [0.25, 0.3) is 0 Å². The summed E-state index contributed by atoms with van der Waals surface area (Å²) >= 11 is 9.46. The van der Waals surface area contributed by atoms with E-state index in [2.05, 4.69) is 12.6 Å². The Morgan fingerprint density at radius 1 is 1.42 bits per heavy atom. The monoisotopic (exact) mass is 200 g/mol. The molecule has 0 N–H and O–H groups in total. The van der Waals surface area contributed by atoms with Gasteiger partial charge < -0.3 is 0 Å². The van der Waals surface area contributed by atoms with E-state index < -0.39 is 0 Å². The van der Waals surface area contributed by atoms with Crippen LogP contribution in [0.15, 0.2) is 29.2 Å². The number of benzene rings is 1. The highest BCUT2D eigenvalue weighted by Crippen LogP contribution is 2.14. The third-order valence-corrected chi connectivity index (χ3v) is 2.21. The van der Waals surface area contributed by atoms with Gasteiger partial charge in [0.05, 0.1) is 0 Å². The number of hydrogen-bond acceptors (Lipinski definition) is 2. The lowest BCUT2D eigenvalue weighted by Crippen LogP contribution is -1.92. The average molecular weight is 201 g/mol. The fraction of sp³-hybridized carbons (Fsp3) is 0.222. The number of rotatable bonds is 3. The van der Waals surface area contributed by atoms with Crippen LogP contribution in [0.1, 0.15) is 12.0 Å². The van der Waals surface area contributed by atoms with E-state index in [4.69, 9.17) is 11.6 Å². The predicted octanol–water partition coefficient (Wildman–Crippen LogP) is 2.67. The van der Waals surface area contributed by atoms with Crippen molar-refractivity contribution in [3.63, 3.8) is 0 Å². The summed E-state index contributed by atoms with van der Waals surface area (Å²) in [6.45, 7) is 0. The van der Waals surface area contributed by atoms with Crippen molar-refractivity contribution in [2.75, 3.05) is 0 Å². The van der Waals surface area contributed by atoms with Gasteiger partial charge in [0, 0.05) is 11.3 Å². The summed E-state index contributed by atoms with van der Waals surface area (Å²) in [4.78, 5) is 11.4. The summed E-state index contributed by atoms with van der Waals surface area (Å²) in [7, 11) is 0. The molecule has 1 aromatic rings. The molecule has 0 aliphatic heterocycles. The van der Waals surface area contributed by atoms with Crippen LogP contribution in [-0.4, -0.2) is 5.24 Å². The highest BCUT2D eigenvalue weighted by Gasteiger charge is 2.00. The quantitative estimate of drug-likeness (QED) is 0.587. The van der Waals surface area contributed by atoms with Gasteiger partial charge in [-0.25, -0.2) is 0 Å². The first-order valence-corrected chi connectivity index (χ1v) is 4.48. The van der Waals surface area contributed by atoms with Gasteiger partial charge in [-0.15, -0.1) is 12.6 Å². The Morgan fingerprint density at radius 2 is 2.08 bits per heavy atom. The van der Waals surface area contributed by atoms with Gasteiger partial charge in [0.1, 0.15) is 0 Å². The average Bonchev–Trinajstić information content (AvgIpc) is 2.03. The van der Waals surface area contributed by atoms with Crippen molar-refractivity contribution >= 4 is 29.5 Å². The van der Waals surface area contributed by atoms with Gasteiger partial charge in [-0.2, -0.15) is 0 Å². The van der Waals surface area contributed by atoms with Gasteiger partial charge >= 0.3 is 0 Å². The summed E-state index contributed by atoms with van der Waals surface area (Å²) in [5.74, 6) is 0. The molecule has 1 nitrogen and oxygen atoms in total. The van der Waals surface area contributed by atoms with Gasteiger partial charge in [-0.3, -0.25) is 4.79 Å². The molecule has 0 amide bonds. The van der Waals surface area contributed by atoms with E-state index in [1.54, 1.807) is 0 Å². The zero-order valence-corrected chi connectivity index (χ0v) is 8.11. The minimum atomic E-state index is -0.299. The molecule has 12 heavy (non-hydrogen) atoms. The van der Waals surface area contributed by atoms with E-state index in [1.165, 1.54) is 0 Å². The largest absolute Gasteiger partial charge is 0.281 e. The molecule has 0 atom stereocenters. The number of thiol groups is 1. The second kappa shape index (κ2) is 4.53. The van der Waals surface area contributed by atoms with E-state index in [9.17, 15) is 4.79 Å². The van der Waals surface area contributed by atoms with Crippen molar-refractivity contribution in [2.24, 2.45) is 0 Å². The van der Waals surface area contributed by atoms with Crippen molar-refractivity contribution in [1.29, 1.82) is 0 Å². The van der Waals surface area contributed by atoms with Gasteiger partial charge in [-0.05, 0) is 29.7 Å². The molecule has 0 bridgehead atoms. The predicted molar refractivity (Wildman–Crippen MR) is 52.9 cm³/mol. The fourth-order valence-corrected chi connectivity index (χ4v) is 1.32. The van der Waals surface area contributed by atoms with Crippen molar-refractivity contribution in [3.05, 3.63) is 29.8 Å². The fourth-order valence-electron chi connectivity index (χ4n) is 0.955. The van der Waals surface area contributed by atoms with E-state index in [0.29, 0.717) is 12.8 Å². The molecule has 1 aromatic carbocycles. The lowest BCUT2D eigenvalue weighted by Gasteiger charge is -2.01. The molecule has 1 rings (SSSR count). The van der Waals surface area contributed by atoms with Gasteiger partial charge in [-0.1, -0.05) is 18.2 Å². The number of carbonyl (C=O) groups excluding carboxylic acids is 1. The third-order valence-electron chi connectivity index (χ3n) is 1.58.